The minimum atomic E-state index is -0.516. The van der Waals surface area contributed by atoms with Crippen LogP contribution in [-0.2, 0) is 0 Å². The summed E-state index contributed by atoms with van der Waals surface area (Å²) in [5, 5.41) is 14.5. The van der Waals surface area contributed by atoms with Crippen LogP contribution in [0.3, 0.4) is 0 Å². The summed E-state index contributed by atoms with van der Waals surface area (Å²) in [4.78, 5) is 10.4. The number of nitro benzene ring substituents is 1. The molecule has 1 heterocycles. The van der Waals surface area contributed by atoms with E-state index in [0.29, 0.717) is 16.9 Å². The van der Waals surface area contributed by atoms with Gasteiger partial charge < -0.3 is 15.0 Å². The number of benzene rings is 1. The summed E-state index contributed by atoms with van der Waals surface area (Å²) >= 11 is 0. The van der Waals surface area contributed by atoms with Gasteiger partial charge in [0.15, 0.2) is 11.6 Å². The fourth-order valence-electron chi connectivity index (χ4n) is 1.66. The van der Waals surface area contributed by atoms with Crippen molar-refractivity contribution in [3.05, 3.63) is 33.9 Å². The van der Waals surface area contributed by atoms with Crippen LogP contribution < -0.4 is 10.5 Å². The number of anilines is 1. The second-order valence-electron chi connectivity index (χ2n) is 3.64. The Bertz CT molecular complexity index is 606. The highest BCUT2D eigenvalue weighted by Crippen LogP contribution is 2.39. The van der Waals surface area contributed by atoms with E-state index in [4.69, 9.17) is 15.0 Å². The molecule has 2 rings (SSSR count). The van der Waals surface area contributed by atoms with Gasteiger partial charge in [0.2, 0.25) is 5.75 Å². The molecule has 0 unspecified atom stereocenters. The van der Waals surface area contributed by atoms with Gasteiger partial charge in [-0.2, -0.15) is 0 Å². The molecule has 0 atom stereocenters. The van der Waals surface area contributed by atoms with Crippen LogP contribution >= 0.6 is 0 Å². The first-order valence-corrected chi connectivity index (χ1v) is 5.09. The van der Waals surface area contributed by atoms with Crippen LogP contribution in [-0.4, -0.2) is 17.2 Å². The number of aromatic nitrogens is 1. The molecule has 0 aliphatic carbocycles. The van der Waals surface area contributed by atoms with E-state index in [-0.39, 0.29) is 17.3 Å². The summed E-state index contributed by atoms with van der Waals surface area (Å²) in [6.07, 6.45) is 0. The average molecular weight is 249 g/mol. The van der Waals surface area contributed by atoms with Crippen molar-refractivity contribution in [2.45, 2.75) is 6.92 Å². The van der Waals surface area contributed by atoms with Crippen molar-refractivity contribution in [3.63, 3.8) is 0 Å². The highest BCUT2D eigenvalue weighted by atomic mass is 16.6. The highest BCUT2D eigenvalue weighted by molar-refractivity contribution is 5.75. The first kappa shape index (κ1) is 11.9. The minimum absolute atomic E-state index is 0.127. The summed E-state index contributed by atoms with van der Waals surface area (Å²) in [6, 6.07) is 4.56. The van der Waals surface area contributed by atoms with E-state index in [9.17, 15) is 10.1 Å². The van der Waals surface area contributed by atoms with Crippen molar-refractivity contribution < 1.29 is 14.2 Å². The molecule has 0 saturated heterocycles. The third kappa shape index (κ3) is 1.75. The second-order valence-corrected chi connectivity index (χ2v) is 3.64. The molecule has 7 heteroatoms. The van der Waals surface area contributed by atoms with Gasteiger partial charge in [-0.3, -0.25) is 10.1 Å². The van der Waals surface area contributed by atoms with Gasteiger partial charge in [0, 0.05) is 11.6 Å². The Balaban J connectivity index is 2.68. The normalized spacial score (nSPS) is 10.3. The van der Waals surface area contributed by atoms with Crippen LogP contribution in [0.15, 0.2) is 22.7 Å². The average Bonchev–Trinajstić information content (AvgIpc) is 2.69. The summed E-state index contributed by atoms with van der Waals surface area (Å²) in [7, 11) is 1.36. The lowest BCUT2D eigenvalue weighted by molar-refractivity contribution is -0.385. The van der Waals surface area contributed by atoms with Crippen molar-refractivity contribution in [1.82, 2.24) is 5.16 Å². The fraction of sp³-hybridized carbons (Fsp3) is 0.182. The van der Waals surface area contributed by atoms with Gasteiger partial charge in [0.05, 0.1) is 17.6 Å². The van der Waals surface area contributed by atoms with Crippen LogP contribution in [0.1, 0.15) is 5.56 Å². The number of nitrogens with two attached hydrogens (primary N) is 1. The number of methoxy groups -OCH3 is 1. The summed E-state index contributed by atoms with van der Waals surface area (Å²) in [6.45, 7) is 1.72. The van der Waals surface area contributed by atoms with Crippen molar-refractivity contribution in [1.29, 1.82) is 0 Å². The number of rotatable bonds is 3. The molecule has 1 aromatic heterocycles. The third-order valence-electron chi connectivity index (χ3n) is 2.60. The molecular weight excluding hydrogens is 238 g/mol. The predicted octanol–water partition coefficient (Wildman–Crippen LogP) is 2.15. The first-order valence-electron chi connectivity index (χ1n) is 5.09. The molecule has 0 saturated carbocycles. The maximum atomic E-state index is 10.9. The van der Waals surface area contributed by atoms with Gasteiger partial charge in [-0.1, -0.05) is 11.2 Å². The monoisotopic (exact) mass is 249 g/mol. The van der Waals surface area contributed by atoms with E-state index >= 15 is 0 Å². The molecule has 7 nitrogen and oxygen atoms in total. The second kappa shape index (κ2) is 4.36. The van der Waals surface area contributed by atoms with Gasteiger partial charge >= 0.3 is 5.69 Å². The molecule has 0 aliphatic heterocycles. The zero-order valence-electron chi connectivity index (χ0n) is 9.84. The maximum Gasteiger partial charge on any atom is 0.311 e. The number of hydrogen-bond acceptors (Lipinski definition) is 6. The molecule has 18 heavy (non-hydrogen) atoms. The van der Waals surface area contributed by atoms with E-state index in [2.05, 4.69) is 5.16 Å². The van der Waals surface area contributed by atoms with E-state index in [1.54, 1.807) is 19.1 Å². The van der Waals surface area contributed by atoms with Crippen LogP contribution in [0.2, 0.25) is 0 Å². The molecule has 0 spiro atoms. The Kier molecular flexibility index (Phi) is 2.88. The number of nitrogens with zero attached hydrogens (tertiary/aromatic N) is 2. The number of para-hydroxylation sites is 1. The summed E-state index contributed by atoms with van der Waals surface area (Å²) < 4.78 is 10.2. The molecule has 94 valence electrons. The Morgan fingerprint density at radius 2 is 2.22 bits per heavy atom. The van der Waals surface area contributed by atoms with E-state index < -0.39 is 4.92 Å². The highest BCUT2D eigenvalue weighted by Gasteiger charge is 2.23. The Hall–Kier alpha value is -2.57. The quantitative estimate of drug-likeness (QED) is 0.660. The molecule has 1 aromatic carbocycles. The van der Waals surface area contributed by atoms with E-state index in [1.807, 2.05) is 0 Å². The fourth-order valence-corrected chi connectivity index (χ4v) is 1.66. The largest absolute Gasteiger partial charge is 0.490 e. The van der Waals surface area contributed by atoms with Crippen molar-refractivity contribution in [2.75, 3.05) is 12.8 Å². The Morgan fingerprint density at radius 1 is 1.50 bits per heavy atom. The Morgan fingerprint density at radius 3 is 2.72 bits per heavy atom. The summed E-state index contributed by atoms with van der Waals surface area (Å²) in [5.41, 5.74) is 6.52. The standard InChI is InChI=1S/C11H11N3O4/c1-6-9(18-13-11(6)12)7-4-3-5-8(14(15)16)10(7)17-2/h3-5H,1-2H3,(H2,12,13). The molecule has 0 fully saturated rings. The van der Waals surface area contributed by atoms with Crippen LogP contribution in [0, 0.1) is 17.0 Å². The van der Waals surface area contributed by atoms with Crippen LogP contribution in [0.4, 0.5) is 11.5 Å². The molecular formula is C11H11N3O4. The minimum Gasteiger partial charge on any atom is -0.490 e. The van der Waals surface area contributed by atoms with Crippen molar-refractivity contribution in [2.24, 2.45) is 0 Å². The van der Waals surface area contributed by atoms with Gasteiger partial charge in [-0.25, -0.2) is 0 Å². The van der Waals surface area contributed by atoms with Crippen molar-refractivity contribution in [3.8, 4) is 17.1 Å². The van der Waals surface area contributed by atoms with Gasteiger partial charge in [-0.15, -0.1) is 0 Å². The first-order chi connectivity index (χ1) is 8.56. The molecule has 0 amide bonds. The molecule has 2 N–H and O–H groups in total. The molecule has 2 aromatic rings. The van der Waals surface area contributed by atoms with Gasteiger partial charge in [0.25, 0.3) is 0 Å². The Labute approximate surface area is 102 Å². The molecule has 0 bridgehead atoms. The smallest absolute Gasteiger partial charge is 0.311 e. The zero-order valence-corrected chi connectivity index (χ0v) is 9.84. The SMILES string of the molecule is COc1c(-c2onc(N)c2C)cccc1[N+](=O)[O-]. The van der Waals surface area contributed by atoms with Crippen molar-refractivity contribution >= 4 is 11.5 Å². The summed E-state index contributed by atoms with van der Waals surface area (Å²) in [5.74, 6) is 0.744. The third-order valence-corrected chi connectivity index (χ3v) is 2.60. The maximum absolute atomic E-state index is 10.9. The number of hydrogen-bond donors (Lipinski definition) is 1. The van der Waals surface area contributed by atoms with E-state index in [0.717, 1.165) is 0 Å². The number of nitro groups is 1. The number of ether oxygens (including phenoxy) is 1. The lowest BCUT2D eigenvalue weighted by Gasteiger charge is -2.06. The van der Waals surface area contributed by atoms with Crippen LogP contribution in [0.25, 0.3) is 11.3 Å². The molecule has 0 aliphatic rings. The topological polar surface area (TPSA) is 104 Å². The lowest BCUT2D eigenvalue weighted by atomic mass is 10.1. The number of nitrogen functional groups attached to an aromatic ring is 1. The van der Waals surface area contributed by atoms with Crippen LogP contribution in [0.5, 0.6) is 5.75 Å². The van der Waals surface area contributed by atoms with Gasteiger partial charge in [-0.05, 0) is 13.0 Å². The molecule has 0 radical (unpaired) electrons. The predicted molar refractivity (Wildman–Crippen MR) is 64.3 cm³/mol. The zero-order chi connectivity index (χ0) is 13.3. The van der Waals surface area contributed by atoms with E-state index in [1.165, 1.54) is 13.2 Å². The van der Waals surface area contributed by atoms with Gasteiger partial charge in [0.1, 0.15) is 0 Å². The lowest BCUT2D eigenvalue weighted by Crippen LogP contribution is -1.96.